The van der Waals surface area contributed by atoms with Crippen molar-refractivity contribution >= 4 is 22.8 Å². The smallest absolute Gasteiger partial charge is 0.352 e. The Morgan fingerprint density at radius 3 is 2.30 bits per heavy atom. The van der Waals surface area contributed by atoms with Crippen LogP contribution in [0, 0.1) is 6.92 Å². The van der Waals surface area contributed by atoms with Gasteiger partial charge in [0, 0.05) is 30.5 Å². The number of carboxylic acid groups (broad SMARTS) is 1. The van der Waals surface area contributed by atoms with Crippen LogP contribution in [0.4, 0.5) is 0 Å². The highest BCUT2D eigenvalue weighted by atomic mass is 16.4. The SMILES string of the molecule is CCN(C(=O)Cn1c(C(=O)O)cc2ccc(-c3ccc(C)cc3)cc21)N(C)C1CCCCC1. The van der Waals surface area contributed by atoms with Gasteiger partial charge in [-0.05, 0) is 49.9 Å². The van der Waals surface area contributed by atoms with Crippen molar-refractivity contribution in [1.29, 1.82) is 0 Å². The van der Waals surface area contributed by atoms with Crippen LogP contribution in [0.2, 0.25) is 0 Å². The summed E-state index contributed by atoms with van der Waals surface area (Å²) in [4.78, 5) is 25.4. The summed E-state index contributed by atoms with van der Waals surface area (Å²) in [5, 5.41) is 14.5. The molecule has 0 spiro atoms. The van der Waals surface area contributed by atoms with Gasteiger partial charge >= 0.3 is 5.97 Å². The summed E-state index contributed by atoms with van der Waals surface area (Å²) < 4.78 is 1.65. The highest BCUT2D eigenvalue weighted by Gasteiger charge is 2.27. The summed E-state index contributed by atoms with van der Waals surface area (Å²) in [6.45, 7) is 4.57. The lowest BCUT2D eigenvalue weighted by atomic mass is 9.95. The first-order valence-electron chi connectivity index (χ1n) is 11.9. The third kappa shape index (κ3) is 4.81. The van der Waals surface area contributed by atoms with E-state index < -0.39 is 5.97 Å². The summed E-state index contributed by atoms with van der Waals surface area (Å²) >= 11 is 0. The lowest BCUT2D eigenvalue weighted by Crippen LogP contribution is -2.50. The molecule has 3 aromatic rings. The van der Waals surface area contributed by atoms with Gasteiger partial charge in [0.2, 0.25) is 0 Å². The average molecular weight is 448 g/mol. The molecule has 0 saturated heterocycles. The van der Waals surface area contributed by atoms with Gasteiger partial charge in [-0.1, -0.05) is 61.2 Å². The zero-order chi connectivity index (χ0) is 23.5. The van der Waals surface area contributed by atoms with Crippen LogP contribution < -0.4 is 0 Å². The molecule has 0 unspecified atom stereocenters. The van der Waals surface area contributed by atoms with Gasteiger partial charge in [0.1, 0.15) is 12.2 Å². The summed E-state index contributed by atoms with van der Waals surface area (Å²) in [5.74, 6) is -1.12. The molecule has 1 amide bonds. The van der Waals surface area contributed by atoms with Gasteiger partial charge in [0.15, 0.2) is 0 Å². The van der Waals surface area contributed by atoms with E-state index in [1.807, 2.05) is 39.1 Å². The van der Waals surface area contributed by atoms with Crippen LogP contribution in [0.15, 0.2) is 48.5 Å². The first kappa shape index (κ1) is 23.1. The summed E-state index contributed by atoms with van der Waals surface area (Å²) in [6, 6.07) is 16.2. The number of carboxylic acids is 1. The molecule has 1 aromatic heterocycles. The predicted octanol–water partition coefficient (Wildman–Crippen LogP) is 5.34. The lowest BCUT2D eigenvalue weighted by Gasteiger charge is -2.39. The molecule has 0 bridgehead atoms. The maximum absolute atomic E-state index is 13.4. The molecule has 1 N–H and O–H groups in total. The number of hydrazine groups is 1. The summed E-state index contributed by atoms with van der Waals surface area (Å²) in [5.41, 5.74) is 4.14. The quantitative estimate of drug-likeness (QED) is 0.496. The monoisotopic (exact) mass is 447 g/mol. The molecule has 0 aliphatic heterocycles. The Labute approximate surface area is 195 Å². The third-order valence-electron chi connectivity index (χ3n) is 6.87. The molecule has 1 aliphatic rings. The van der Waals surface area contributed by atoms with Crippen molar-refractivity contribution in [2.75, 3.05) is 13.6 Å². The van der Waals surface area contributed by atoms with Crippen molar-refractivity contribution in [3.63, 3.8) is 0 Å². The van der Waals surface area contributed by atoms with E-state index in [1.54, 1.807) is 15.6 Å². The number of aromatic nitrogens is 1. The fourth-order valence-corrected chi connectivity index (χ4v) is 4.97. The number of carbonyl (C=O) groups excluding carboxylic acids is 1. The van der Waals surface area contributed by atoms with E-state index in [9.17, 15) is 14.7 Å². The highest BCUT2D eigenvalue weighted by Crippen LogP contribution is 2.28. The standard InChI is InChI=1S/C27H33N3O3/c1-4-30(28(3)23-8-6-5-7-9-23)26(31)18-29-24-16-21(20-12-10-19(2)11-13-20)14-15-22(24)17-25(29)27(32)33/h10-17,23H,4-9,18H2,1-3H3,(H,32,33). The Morgan fingerprint density at radius 1 is 1.00 bits per heavy atom. The zero-order valence-corrected chi connectivity index (χ0v) is 19.8. The van der Waals surface area contributed by atoms with E-state index in [0.29, 0.717) is 12.6 Å². The molecule has 1 aliphatic carbocycles. The second kappa shape index (κ2) is 9.79. The maximum atomic E-state index is 13.4. The number of benzene rings is 2. The first-order valence-corrected chi connectivity index (χ1v) is 11.9. The zero-order valence-electron chi connectivity index (χ0n) is 19.8. The molecular formula is C27H33N3O3. The molecule has 1 saturated carbocycles. The molecule has 2 aromatic carbocycles. The van der Waals surface area contributed by atoms with Gasteiger partial charge in [-0.2, -0.15) is 0 Å². The van der Waals surface area contributed by atoms with Crippen LogP contribution in [-0.2, 0) is 11.3 Å². The molecule has 6 heteroatoms. The maximum Gasteiger partial charge on any atom is 0.352 e. The number of carbonyl (C=O) groups is 2. The van der Waals surface area contributed by atoms with Crippen LogP contribution in [0.3, 0.4) is 0 Å². The van der Waals surface area contributed by atoms with Gasteiger partial charge in [-0.3, -0.25) is 9.80 Å². The topological polar surface area (TPSA) is 65.8 Å². The van der Waals surface area contributed by atoms with Crippen LogP contribution in [0.25, 0.3) is 22.0 Å². The number of fused-ring (bicyclic) bond motifs is 1. The number of aromatic carboxylic acids is 1. The molecule has 33 heavy (non-hydrogen) atoms. The van der Waals surface area contributed by atoms with Crippen LogP contribution in [0.5, 0.6) is 0 Å². The van der Waals surface area contributed by atoms with E-state index in [4.69, 9.17) is 0 Å². The van der Waals surface area contributed by atoms with Gasteiger partial charge in [0.25, 0.3) is 5.91 Å². The van der Waals surface area contributed by atoms with Gasteiger partial charge in [-0.25, -0.2) is 9.80 Å². The second-order valence-corrected chi connectivity index (χ2v) is 9.04. The Bertz CT molecular complexity index is 1140. The van der Waals surface area contributed by atoms with Gasteiger partial charge in [0.05, 0.1) is 0 Å². The van der Waals surface area contributed by atoms with Gasteiger partial charge in [-0.15, -0.1) is 0 Å². The minimum Gasteiger partial charge on any atom is -0.477 e. The number of aryl methyl sites for hydroxylation is 1. The molecule has 174 valence electrons. The lowest BCUT2D eigenvalue weighted by molar-refractivity contribution is -0.152. The Kier molecular flexibility index (Phi) is 6.84. The van der Waals surface area contributed by atoms with Gasteiger partial charge < -0.3 is 9.67 Å². The third-order valence-corrected chi connectivity index (χ3v) is 6.87. The number of likely N-dealkylation sites (N-methyl/N-ethyl adjacent to an activating group) is 1. The predicted molar refractivity (Wildman–Crippen MR) is 131 cm³/mol. The van der Waals surface area contributed by atoms with E-state index in [0.717, 1.165) is 34.9 Å². The van der Waals surface area contributed by atoms with Crippen molar-refractivity contribution in [2.45, 2.75) is 58.5 Å². The first-order chi connectivity index (χ1) is 15.9. The van der Waals surface area contributed by atoms with Crippen LogP contribution in [-0.4, -0.2) is 51.2 Å². The van der Waals surface area contributed by atoms with Crippen molar-refractivity contribution < 1.29 is 14.7 Å². The Hall–Kier alpha value is -3.12. The molecular weight excluding hydrogens is 414 g/mol. The van der Waals surface area contributed by atoms with Crippen molar-refractivity contribution in [3.05, 3.63) is 59.8 Å². The Balaban J connectivity index is 1.67. The number of hydrogen-bond acceptors (Lipinski definition) is 3. The highest BCUT2D eigenvalue weighted by molar-refractivity contribution is 5.97. The van der Waals surface area contributed by atoms with Crippen LogP contribution in [0.1, 0.15) is 55.1 Å². The second-order valence-electron chi connectivity index (χ2n) is 9.04. The normalized spacial score (nSPS) is 14.7. The minimum atomic E-state index is -1.03. The molecule has 1 heterocycles. The summed E-state index contributed by atoms with van der Waals surface area (Å²) in [6.07, 6.45) is 5.81. The molecule has 4 rings (SSSR count). The minimum absolute atomic E-state index is 0.00656. The van der Waals surface area contributed by atoms with Crippen molar-refractivity contribution in [1.82, 2.24) is 14.6 Å². The number of amides is 1. The molecule has 0 atom stereocenters. The van der Waals surface area contributed by atoms with E-state index in [2.05, 4.69) is 29.3 Å². The Morgan fingerprint density at radius 2 is 1.67 bits per heavy atom. The summed E-state index contributed by atoms with van der Waals surface area (Å²) in [7, 11) is 1.98. The molecule has 0 radical (unpaired) electrons. The van der Waals surface area contributed by atoms with E-state index >= 15 is 0 Å². The number of rotatable bonds is 7. The number of hydrogen-bond donors (Lipinski definition) is 1. The number of nitrogens with zero attached hydrogens (tertiary/aromatic N) is 3. The van der Waals surface area contributed by atoms with Crippen molar-refractivity contribution in [3.8, 4) is 11.1 Å². The van der Waals surface area contributed by atoms with Crippen LogP contribution >= 0.6 is 0 Å². The van der Waals surface area contributed by atoms with E-state index in [-0.39, 0.29) is 18.1 Å². The fourth-order valence-electron chi connectivity index (χ4n) is 4.97. The largest absolute Gasteiger partial charge is 0.477 e. The van der Waals surface area contributed by atoms with E-state index in [1.165, 1.54) is 24.8 Å². The molecule has 1 fully saturated rings. The van der Waals surface area contributed by atoms with Crippen molar-refractivity contribution in [2.24, 2.45) is 0 Å². The average Bonchev–Trinajstić information content (AvgIpc) is 3.18. The molecule has 6 nitrogen and oxygen atoms in total. The fraction of sp³-hybridized carbons (Fsp3) is 0.407.